The van der Waals surface area contributed by atoms with Crippen LogP contribution in [0.2, 0.25) is 0 Å². The molecular weight excluding hydrogens is 256 g/mol. The number of hydrogen-bond acceptors (Lipinski definition) is 3. The number of amides is 1. The Morgan fingerprint density at radius 3 is 2.50 bits per heavy atom. The van der Waals surface area contributed by atoms with Gasteiger partial charge >= 0.3 is 5.97 Å². The number of nitrogens with one attached hydrogen (secondary N) is 1. The lowest BCUT2D eigenvalue weighted by Gasteiger charge is -2.32. The number of hydrogen-bond donors (Lipinski definition) is 2. The molecule has 20 heavy (non-hydrogen) atoms. The van der Waals surface area contributed by atoms with E-state index in [0.717, 1.165) is 45.2 Å². The molecule has 0 aromatic heterocycles. The van der Waals surface area contributed by atoms with Gasteiger partial charge in [-0.3, -0.25) is 9.59 Å². The van der Waals surface area contributed by atoms with Crippen molar-refractivity contribution in [3.8, 4) is 0 Å². The van der Waals surface area contributed by atoms with Gasteiger partial charge in [0.05, 0.1) is 12.5 Å². The minimum Gasteiger partial charge on any atom is -0.481 e. The summed E-state index contributed by atoms with van der Waals surface area (Å²) in [6, 6.07) is 0.303. The minimum absolute atomic E-state index is 0.188. The fourth-order valence-electron chi connectivity index (χ4n) is 3.30. The van der Waals surface area contributed by atoms with Crippen molar-refractivity contribution in [2.45, 2.75) is 51.5 Å². The van der Waals surface area contributed by atoms with Crippen LogP contribution in [0.3, 0.4) is 0 Å². The van der Waals surface area contributed by atoms with Crippen LogP contribution in [0.4, 0.5) is 0 Å². The highest BCUT2D eigenvalue weighted by Gasteiger charge is 2.27. The molecule has 0 aromatic rings. The summed E-state index contributed by atoms with van der Waals surface area (Å²) in [5.41, 5.74) is 0. The highest BCUT2D eigenvalue weighted by Crippen LogP contribution is 2.24. The first-order valence-corrected chi connectivity index (χ1v) is 7.80. The quantitative estimate of drug-likeness (QED) is 0.819. The fourth-order valence-corrected chi connectivity index (χ4v) is 3.30. The molecule has 2 fully saturated rings. The summed E-state index contributed by atoms with van der Waals surface area (Å²) in [5, 5.41) is 12.3. The van der Waals surface area contributed by atoms with Crippen molar-refractivity contribution < 1.29 is 14.7 Å². The standard InChI is InChI=1S/C15H26N2O3/c1-11-3-2-8-17(10-11)14(18)9-16-13-6-4-12(5-7-13)15(19)20/h11-13,16H,2-10H2,1H3,(H,19,20). The number of carboxylic acid groups (broad SMARTS) is 1. The molecule has 1 aliphatic carbocycles. The maximum atomic E-state index is 12.1. The molecule has 0 aromatic carbocycles. The number of nitrogens with zero attached hydrogens (tertiary/aromatic N) is 1. The van der Waals surface area contributed by atoms with Crippen molar-refractivity contribution in [3.63, 3.8) is 0 Å². The van der Waals surface area contributed by atoms with Crippen molar-refractivity contribution in [2.24, 2.45) is 11.8 Å². The molecular formula is C15H26N2O3. The Kier molecular flexibility index (Phi) is 5.40. The van der Waals surface area contributed by atoms with Gasteiger partial charge in [0.2, 0.25) is 5.91 Å². The van der Waals surface area contributed by atoms with Gasteiger partial charge in [0.1, 0.15) is 0 Å². The average molecular weight is 282 g/mol. The van der Waals surface area contributed by atoms with E-state index >= 15 is 0 Å². The van der Waals surface area contributed by atoms with Crippen LogP contribution < -0.4 is 5.32 Å². The van der Waals surface area contributed by atoms with Gasteiger partial charge in [0.25, 0.3) is 0 Å². The average Bonchev–Trinajstić information content (AvgIpc) is 2.45. The summed E-state index contributed by atoms with van der Waals surface area (Å²) in [6.07, 6.45) is 5.50. The number of rotatable bonds is 4. The monoisotopic (exact) mass is 282 g/mol. The Morgan fingerprint density at radius 2 is 1.90 bits per heavy atom. The third-order valence-electron chi connectivity index (χ3n) is 4.63. The summed E-state index contributed by atoms with van der Waals surface area (Å²) >= 11 is 0. The fraction of sp³-hybridized carbons (Fsp3) is 0.867. The van der Waals surface area contributed by atoms with Crippen LogP contribution in [0, 0.1) is 11.8 Å². The first-order chi connectivity index (χ1) is 9.56. The zero-order valence-corrected chi connectivity index (χ0v) is 12.3. The third-order valence-corrected chi connectivity index (χ3v) is 4.63. The van der Waals surface area contributed by atoms with E-state index in [1.807, 2.05) is 4.90 Å². The number of aliphatic carboxylic acids is 1. The van der Waals surface area contributed by atoms with Crippen LogP contribution in [0.25, 0.3) is 0 Å². The van der Waals surface area contributed by atoms with Crippen LogP contribution in [-0.2, 0) is 9.59 Å². The van der Waals surface area contributed by atoms with E-state index in [-0.39, 0.29) is 11.8 Å². The van der Waals surface area contributed by atoms with Crippen molar-refractivity contribution in [3.05, 3.63) is 0 Å². The normalized spacial score (nSPS) is 31.1. The molecule has 1 unspecified atom stereocenters. The molecule has 1 aliphatic heterocycles. The summed E-state index contributed by atoms with van der Waals surface area (Å²) < 4.78 is 0. The molecule has 1 atom stereocenters. The van der Waals surface area contributed by atoms with E-state index < -0.39 is 5.97 Å². The van der Waals surface area contributed by atoms with E-state index in [1.54, 1.807) is 0 Å². The lowest BCUT2D eigenvalue weighted by atomic mass is 9.86. The van der Waals surface area contributed by atoms with Crippen LogP contribution in [0.15, 0.2) is 0 Å². The largest absolute Gasteiger partial charge is 0.481 e. The number of carbonyl (C=O) groups is 2. The molecule has 0 spiro atoms. The molecule has 2 aliphatic rings. The molecule has 2 rings (SSSR count). The molecule has 0 bridgehead atoms. The summed E-state index contributed by atoms with van der Waals surface area (Å²) in [4.78, 5) is 25.0. The van der Waals surface area contributed by atoms with Gasteiger partial charge < -0.3 is 15.3 Å². The predicted octanol–water partition coefficient (Wildman–Crippen LogP) is 1.48. The SMILES string of the molecule is CC1CCCN(C(=O)CNC2CCC(C(=O)O)CC2)C1. The number of carboxylic acids is 1. The maximum absolute atomic E-state index is 12.1. The summed E-state index contributed by atoms with van der Waals surface area (Å²) in [6.45, 7) is 4.36. The van der Waals surface area contributed by atoms with Crippen LogP contribution in [0.5, 0.6) is 0 Å². The molecule has 5 heteroatoms. The van der Waals surface area contributed by atoms with Crippen molar-refractivity contribution in [1.82, 2.24) is 10.2 Å². The lowest BCUT2D eigenvalue weighted by molar-refractivity contribution is -0.143. The lowest BCUT2D eigenvalue weighted by Crippen LogP contribution is -2.46. The Morgan fingerprint density at radius 1 is 1.20 bits per heavy atom. The van der Waals surface area contributed by atoms with Crippen molar-refractivity contribution in [1.29, 1.82) is 0 Å². The van der Waals surface area contributed by atoms with Gasteiger partial charge in [-0.1, -0.05) is 6.92 Å². The van der Waals surface area contributed by atoms with Crippen LogP contribution in [-0.4, -0.2) is 47.6 Å². The van der Waals surface area contributed by atoms with Crippen molar-refractivity contribution in [2.75, 3.05) is 19.6 Å². The Labute approximate surface area is 120 Å². The highest BCUT2D eigenvalue weighted by atomic mass is 16.4. The molecule has 1 saturated heterocycles. The van der Waals surface area contributed by atoms with Crippen LogP contribution in [0.1, 0.15) is 45.4 Å². The molecule has 1 saturated carbocycles. The predicted molar refractivity (Wildman–Crippen MR) is 76.4 cm³/mol. The van der Waals surface area contributed by atoms with Gasteiger partial charge in [-0.15, -0.1) is 0 Å². The van der Waals surface area contributed by atoms with E-state index in [1.165, 1.54) is 6.42 Å². The molecule has 2 N–H and O–H groups in total. The molecule has 0 radical (unpaired) electrons. The topological polar surface area (TPSA) is 69.6 Å². The Hall–Kier alpha value is -1.10. The second-order valence-electron chi connectivity index (χ2n) is 6.35. The number of piperidine rings is 1. The van der Waals surface area contributed by atoms with E-state index in [4.69, 9.17) is 5.11 Å². The molecule has 1 amide bonds. The van der Waals surface area contributed by atoms with Crippen molar-refractivity contribution >= 4 is 11.9 Å². The maximum Gasteiger partial charge on any atom is 0.306 e. The van der Waals surface area contributed by atoms with E-state index in [9.17, 15) is 9.59 Å². The second kappa shape index (κ2) is 7.07. The second-order valence-corrected chi connectivity index (χ2v) is 6.35. The van der Waals surface area contributed by atoms with E-state index in [2.05, 4.69) is 12.2 Å². The number of likely N-dealkylation sites (tertiary alicyclic amines) is 1. The van der Waals surface area contributed by atoms with Gasteiger partial charge in [-0.25, -0.2) is 0 Å². The molecule has 5 nitrogen and oxygen atoms in total. The zero-order valence-electron chi connectivity index (χ0n) is 12.3. The third kappa shape index (κ3) is 4.20. The van der Waals surface area contributed by atoms with Gasteiger partial charge in [0.15, 0.2) is 0 Å². The molecule has 1 heterocycles. The Bertz CT molecular complexity index is 351. The number of carbonyl (C=O) groups excluding carboxylic acids is 1. The summed E-state index contributed by atoms with van der Waals surface area (Å²) in [7, 11) is 0. The first-order valence-electron chi connectivity index (χ1n) is 7.80. The highest BCUT2D eigenvalue weighted by molar-refractivity contribution is 5.78. The molecule has 114 valence electrons. The van der Waals surface area contributed by atoms with Crippen LogP contribution >= 0.6 is 0 Å². The zero-order chi connectivity index (χ0) is 14.5. The smallest absolute Gasteiger partial charge is 0.306 e. The first kappa shape index (κ1) is 15.3. The minimum atomic E-state index is -0.679. The Balaban J connectivity index is 1.68. The van der Waals surface area contributed by atoms with Gasteiger partial charge in [-0.05, 0) is 44.4 Å². The van der Waals surface area contributed by atoms with Gasteiger partial charge in [0, 0.05) is 19.1 Å². The van der Waals surface area contributed by atoms with E-state index in [0.29, 0.717) is 18.5 Å². The van der Waals surface area contributed by atoms with Gasteiger partial charge in [-0.2, -0.15) is 0 Å². The summed E-state index contributed by atoms with van der Waals surface area (Å²) in [5.74, 6) is -0.0656.